The van der Waals surface area contributed by atoms with Crippen molar-refractivity contribution in [1.29, 1.82) is 0 Å². The molecule has 2 rings (SSSR count). The van der Waals surface area contributed by atoms with Gasteiger partial charge in [0.05, 0.1) is 10.7 Å². The summed E-state index contributed by atoms with van der Waals surface area (Å²) in [4.78, 5) is 14.3. The fourth-order valence-corrected chi connectivity index (χ4v) is 3.29. The van der Waals surface area contributed by atoms with Crippen LogP contribution in [0.15, 0.2) is 52.0 Å². The van der Waals surface area contributed by atoms with Gasteiger partial charge in [0.1, 0.15) is 5.75 Å². The molecule has 2 aromatic rings. The molecule has 6 heteroatoms. The molecule has 0 radical (unpaired) electrons. The number of benzene rings is 2. The minimum atomic E-state index is -0.312. The molecule has 0 aliphatic rings. The third kappa shape index (κ3) is 6.89. The van der Waals surface area contributed by atoms with Gasteiger partial charge in [0, 0.05) is 18.8 Å². The van der Waals surface area contributed by atoms with E-state index in [1.807, 2.05) is 30.3 Å². The summed E-state index contributed by atoms with van der Waals surface area (Å²) in [6.07, 6.45) is 1.62. The number of nitrogens with one attached hydrogen (secondary N) is 1. The van der Waals surface area contributed by atoms with Gasteiger partial charge in [0.2, 0.25) is 0 Å². The lowest BCUT2D eigenvalue weighted by Gasteiger charge is -2.20. The molecule has 0 unspecified atom stereocenters. The molecule has 0 aliphatic carbocycles. The maximum Gasteiger partial charge on any atom is 0.277 e. The third-order valence-electron chi connectivity index (χ3n) is 4.58. The highest BCUT2D eigenvalue weighted by molar-refractivity contribution is 9.10. The molecule has 156 valence electrons. The fraction of sp³-hybridized carbons (Fsp3) is 0.391. The Hall–Kier alpha value is -2.34. The first-order valence-electron chi connectivity index (χ1n) is 9.84. The van der Waals surface area contributed by atoms with Crippen LogP contribution in [0.25, 0.3) is 0 Å². The average molecular weight is 460 g/mol. The van der Waals surface area contributed by atoms with Crippen LogP contribution in [0, 0.1) is 0 Å². The van der Waals surface area contributed by atoms with Crippen molar-refractivity contribution in [3.8, 4) is 5.75 Å². The number of nitrogens with zero attached hydrogens (tertiary/aromatic N) is 2. The van der Waals surface area contributed by atoms with Gasteiger partial charge in [-0.05, 0) is 70.6 Å². The first-order chi connectivity index (χ1) is 13.7. The van der Waals surface area contributed by atoms with Crippen molar-refractivity contribution >= 4 is 33.7 Å². The van der Waals surface area contributed by atoms with Crippen LogP contribution in [0.2, 0.25) is 0 Å². The molecule has 29 heavy (non-hydrogen) atoms. The Morgan fingerprint density at radius 3 is 2.34 bits per heavy atom. The number of rotatable bonds is 8. The van der Waals surface area contributed by atoms with Crippen molar-refractivity contribution in [1.82, 2.24) is 5.43 Å². The van der Waals surface area contributed by atoms with E-state index in [1.165, 1.54) is 11.3 Å². The predicted molar refractivity (Wildman–Crippen MR) is 124 cm³/mol. The fourth-order valence-electron chi connectivity index (χ4n) is 2.80. The lowest BCUT2D eigenvalue weighted by molar-refractivity contribution is -0.123. The van der Waals surface area contributed by atoms with Gasteiger partial charge >= 0.3 is 0 Å². The van der Waals surface area contributed by atoms with Crippen LogP contribution in [-0.2, 0) is 10.2 Å². The largest absolute Gasteiger partial charge is 0.483 e. The smallest absolute Gasteiger partial charge is 0.277 e. The summed E-state index contributed by atoms with van der Waals surface area (Å²) in [6, 6.07) is 14.0. The van der Waals surface area contributed by atoms with E-state index < -0.39 is 0 Å². The van der Waals surface area contributed by atoms with Crippen LogP contribution in [0.3, 0.4) is 0 Å². The SMILES string of the molecule is CCN(CC)c1ccc(/C=N/NC(=O)COc2ccc(C(C)(C)C)cc2Br)cc1. The van der Waals surface area contributed by atoms with Gasteiger partial charge in [0.15, 0.2) is 6.61 Å². The Balaban J connectivity index is 1.85. The second-order valence-corrected chi connectivity index (χ2v) is 8.60. The number of hydrogen-bond acceptors (Lipinski definition) is 4. The molecule has 1 N–H and O–H groups in total. The van der Waals surface area contributed by atoms with Crippen LogP contribution < -0.4 is 15.1 Å². The van der Waals surface area contributed by atoms with Gasteiger partial charge < -0.3 is 9.64 Å². The number of carbonyl (C=O) groups is 1. The molecule has 1 amide bonds. The molecule has 0 spiro atoms. The lowest BCUT2D eigenvalue weighted by atomic mass is 9.87. The van der Waals surface area contributed by atoms with Crippen molar-refractivity contribution in [2.75, 3.05) is 24.6 Å². The summed E-state index contributed by atoms with van der Waals surface area (Å²) in [6.45, 7) is 12.5. The van der Waals surface area contributed by atoms with E-state index in [-0.39, 0.29) is 17.9 Å². The third-order valence-corrected chi connectivity index (χ3v) is 5.20. The number of halogens is 1. The minimum absolute atomic E-state index is 0.0523. The van der Waals surface area contributed by atoms with Gasteiger partial charge in [-0.25, -0.2) is 5.43 Å². The molecule has 5 nitrogen and oxygen atoms in total. The summed E-state index contributed by atoms with van der Waals surface area (Å²) in [7, 11) is 0. The van der Waals surface area contributed by atoms with E-state index >= 15 is 0 Å². The summed E-state index contributed by atoms with van der Waals surface area (Å²) < 4.78 is 6.43. The average Bonchev–Trinajstić information content (AvgIpc) is 2.68. The molecule has 0 saturated heterocycles. The Bertz CT molecular complexity index is 838. The quantitative estimate of drug-likeness (QED) is 0.440. The summed E-state index contributed by atoms with van der Waals surface area (Å²) in [5, 5.41) is 4.01. The zero-order chi connectivity index (χ0) is 21.4. The summed E-state index contributed by atoms with van der Waals surface area (Å²) >= 11 is 3.51. The molecule has 0 aliphatic heterocycles. The number of anilines is 1. The van der Waals surface area contributed by atoms with Crippen molar-refractivity contribution in [3.63, 3.8) is 0 Å². The minimum Gasteiger partial charge on any atom is -0.483 e. The zero-order valence-corrected chi connectivity index (χ0v) is 19.4. The first kappa shape index (κ1) is 22.9. The van der Waals surface area contributed by atoms with Crippen LogP contribution in [0.4, 0.5) is 5.69 Å². The van der Waals surface area contributed by atoms with E-state index in [2.05, 4.69) is 78.1 Å². The van der Waals surface area contributed by atoms with E-state index in [1.54, 1.807) is 6.21 Å². The van der Waals surface area contributed by atoms with Crippen molar-refractivity contribution < 1.29 is 9.53 Å². The molecule has 0 heterocycles. The Morgan fingerprint density at radius 2 is 1.79 bits per heavy atom. The maximum absolute atomic E-state index is 12.0. The molecule has 0 bridgehead atoms. The Kier molecular flexibility index (Phi) is 8.26. The second-order valence-electron chi connectivity index (χ2n) is 7.74. The Morgan fingerprint density at radius 1 is 1.14 bits per heavy atom. The van der Waals surface area contributed by atoms with Gasteiger partial charge in [-0.1, -0.05) is 39.0 Å². The molecule has 0 saturated carbocycles. The highest BCUT2D eigenvalue weighted by Crippen LogP contribution is 2.31. The first-order valence-corrected chi connectivity index (χ1v) is 10.6. The molecular weight excluding hydrogens is 430 g/mol. The number of ether oxygens (including phenoxy) is 1. The van der Waals surface area contributed by atoms with Crippen LogP contribution in [0.5, 0.6) is 5.75 Å². The normalized spacial score (nSPS) is 11.5. The molecular formula is C23H30BrN3O2. The lowest BCUT2D eigenvalue weighted by Crippen LogP contribution is -2.24. The molecule has 2 aromatic carbocycles. The number of hydrogen-bond donors (Lipinski definition) is 1. The number of amides is 1. The van der Waals surface area contributed by atoms with E-state index in [0.717, 1.165) is 23.1 Å². The number of carbonyl (C=O) groups excluding carboxylic acids is 1. The molecule has 0 atom stereocenters. The van der Waals surface area contributed by atoms with Crippen molar-refractivity contribution in [3.05, 3.63) is 58.1 Å². The maximum atomic E-state index is 12.0. The van der Waals surface area contributed by atoms with E-state index in [4.69, 9.17) is 4.74 Å². The van der Waals surface area contributed by atoms with Gasteiger partial charge in [-0.2, -0.15) is 5.10 Å². The van der Waals surface area contributed by atoms with Gasteiger partial charge in [-0.3, -0.25) is 4.79 Å². The standard InChI is InChI=1S/C23H30BrN3O2/c1-6-27(7-2)19-11-8-17(9-12-19)15-25-26-22(28)16-29-21-13-10-18(14-20(21)24)23(3,4)5/h8-15H,6-7,16H2,1-5H3,(H,26,28)/b25-15+. The Labute approximate surface area is 182 Å². The predicted octanol–water partition coefficient (Wildman–Crippen LogP) is 5.12. The van der Waals surface area contributed by atoms with Crippen molar-refractivity contribution in [2.45, 2.75) is 40.0 Å². The summed E-state index contributed by atoms with van der Waals surface area (Å²) in [5.41, 5.74) is 5.83. The van der Waals surface area contributed by atoms with Crippen LogP contribution in [0.1, 0.15) is 45.7 Å². The zero-order valence-electron chi connectivity index (χ0n) is 17.8. The van der Waals surface area contributed by atoms with Crippen LogP contribution >= 0.6 is 15.9 Å². The second kappa shape index (κ2) is 10.4. The van der Waals surface area contributed by atoms with Gasteiger partial charge in [0.25, 0.3) is 5.91 Å². The molecule has 0 fully saturated rings. The highest BCUT2D eigenvalue weighted by Gasteiger charge is 2.15. The number of hydrazone groups is 1. The topological polar surface area (TPSA) is 53.9 Å². The van der Waals surface area contributed by atoms with Crippen LogP contribution in [-0.4, -0.2) is 31.8 Å². The van der Waals surface area contributed by atoms with Gasteiger partial charge in [-0.15, -0.1) is 0 Å². The summed E-state index contributed by atoms with van der Waals surface area (Å²) in [5.74, 6) is 0.317. The van der Waals surface area contributed by atoms with E-state index in [0.29, 0.717) is 5.75 Å². The monoisotopic (exact) mass is 459 g/mol. The molecule has 0 aromatic heterocycles. The highest BCUT2D eigenvalue weighted by atomic mass is 79.9. The van der Waals surface area contributed by atoms with E-state index in [9.17, 15) is 4.79 Å². The van der Waals surface area contributed by atoms with Crippen molar-refractivity contribution in [2.24, 2.45) is 5.10 Å².